The van der Waals surface area contributed by atoms with E-state index >= 15 is 0 Å². The zero-order chi connectivity index (χ0) is 30.6. The Morgan fingerprint density at radius 2 is 1.60 bits per heavy atom. The smallest absolute Gasteiger partial charge is 0.347 e. The van der Waals surface area contributed by atoms with Gasteiger partial charge in [-0.2, -0.15) is 0 Å². The van der Waals surface area contributed by atoms with E-state index < -0.39 is 17.9 Å². The highest BCUT2D eigenvalue weighted by atomic mass is 19.1. The van der Waals surface area contributed by atoms with Gasteiger partial charge in [0, 0.05) is 32.1 Å². The molecule has 1 aliphatic carbocycles. The quantitative estimate of drug-likeness (QED) is 0.225. The summed E-state index contributed by atoms with van der Waals surface area (Å²) in [5.74, 6) is 1.09. The van der Waals surface area contributed by atoms with Gasteiger partial charge < -0.3 is 24.4 Å². The summed E-state index contributed by atoms with van der Waals surface area (Å²) in [4.78, 5) is 27.1. The van der Waals surface area contributed by atoms with Crippen LogP contribution in [0.4, 0.5) is 4.39 Å². The van der Waals surface area contributed by atoms with Gasteiger partial charge in [0.1, 0.15) is 23.9 Å². The van der Waals surface area contributed by atoms with E-state index in [-0.39, 0.29) is 23.5 Å². The van der Waals surface area contributed by atoms with Crippen molar-refractivity contribution in [2.24, 2.45) is 11.8 Å². The number of hydrogen-bond donors (Lipinski definition) is 1. The number of benzene rings is 3. The molecule has 1 heterocycles. The fourth-order valence-electron chi connectivity index (χ4n) is 5.74. The average Bonchev–Trinajstić information content (AvgIpc) is 3.42. The van der Waals surface area contributed by atoms with Gasteiger partial charge in [0.2, 0.25) is 0 Å². The van der Waals surface area contributed by atoms with Gasteiger partial charge in [-0.05, 0) is 71.7 Å². The molecule has 0 bridgehead atoms. The second-order valence-corrected chi connectivity index (χ2v) is 12.3. The Bertz CT molecular complexity index is 1390. The maximum Gasteiger partial charge on any atom is 0.347 e. The predicted molar refractivity (Wildman–Crippen MR) is 163 cm³/mol. The van der Waals surface area contributed by atoms with Crippen LogP contribution in [0.1, 0.15) is 49.2 Å². The number of carbonyl (C=O) groups excluding carboxylic acids is 2. The summed E-state index contributed by atoms with van der Waals surface area (Å²) in [5.41, 5.74) is 2.31. The predicted octanol–water partition coefficient (Wildman–Crippen LogP) is 5.42. The summed E-state index contributed by atoms with van der Waals surface area (Å²) >= 11 is 0. The molecule has 2 unspecified atom stereocenters. The van der Waals surface area contributed by atoms with Crippen LogP contribution >= 0.6 is 0 Å². The van der Waals surface area contributed by atoms with E-state index in [1.54, 1.807) is 30.0 Å². The first kappa shape index (κ1) is 30.5. The minimum atomic E-state index is -0.757. The van der Waals surface area contributed by atoms with Gasteiger partial charge in [0.05, 0.1) is 12.2 Å². The summed E-state index contributed by atoms with van der Waals surface area (Å²) in [5, 5.41) is 3.53. The number of nitrogens with one attached hydrogen (secondary N) is 1. The number of fused-ring (bicyclic) bond motifs is 1. The van der Waals surface area contributed by atoms with Crippen LogP contribution in [0.15, 0.2) is 72.8 Å². The molecule has 8 heteroatoms. The lowest BCUT2D eigenvalue weighted by molar-refractivity contribution is -0.151. The Labute approximate surface area is 253 Å². The van der Waals surface area contributed by atoms with Crippen LogP contribution in [0, 0.1) is 17.7 Å². The second-order valence-electron chi connectivity index (χ2n) is 12.3. The Morgan fingerprint density at radius 3 is 2.23 bits per heavy atom. The molecular weight excluding hydrogens is 547 g/mol. The lowest BCUT2D eigenvalue weighted by Gasteiger charge is -2.21. The van der Waals surface area contributed by atoms with E-state index in [2.05, 4.69) is 26.1 Å². The van der Waals surface area contributed by atoms with E-state index in [4.69, 9.17) is 14.2 Å². The number of ether oxygens (including phenoxy) is 3. The normalized spacial score (nSPS) is 19.8. The second kappa shape index (κ2) is 13.2. The van der Waals surface area contributed by atoms with Crippen molar-refractivity contribution in [3.05, 3.63) is 95.3 Å². The molecule has 1 saturated carbocycles. The summed E-state index contributed by atoms with van der Waals surface area (Å²) < 4.78 is 31.3. The Balaban J connectivity index is 1.05. The van der Waals surface area contributed by atoms with Crippen LogP contribution in [-0.4, -0.2) is 61.8 Å². The molecule has 2 aliphatic rings. The summed E-state index contributed by atoms with van der Waals surface area (Å²) in [6.45, 7) is 11.0. The first-order valence-electron chi connectivity index (χ1n) is 15.1. The molecule has 1 amide bonds. The van der Waals surface area contributed by atoms with Crippen LogP contribution < -0.4 is 14.8 Å². The molecule has 228 valence electrons. The number of nitrogens with zero attached hydrogens (tertiary/aromatic N) is 1. The molecule has 3 aromatic carbocycles. The van der Waals surface area contributed by atoms with Crippen molar-refractivity contribution >= 4 is 11.9 Å². The summed E-state index contributed by atoms with van der Waals surface area (Å²) in [7, 11) is 0. The van der Waals surface area contributed by atoms with Crippen molar-refractivity contribution in [2.45, 2.75) is 51.7 Å². The van der Waals surface area contributed by atoms with Gasteiger partial charge in [0.25, 0.3) is 5.91 Å². The van der Waals surface area contributed by atoms with Gasteiger partial charge in [0.15, 0.2) is 6.10 Å². The minimum Gasteiger partial charge on any atom is -0.492 e. The van der Waals surface area contributed by atoms with Gasteiger partial charge >= 0.3 is 5.97 Å². The van der Waals surface area contributed by atoms with Crippen LogP contribution in [-0.2, 0) is 21.4 Å². The molecule has 0 spiro atoms. The van der Waals surface area contributed by atoms with Crippen LogP contribution in [0.3, 0.4) is 0 Å². The van der Waals surface area contributed by atoms with Crippen molar-refractivity contribution in [3.8, 4) is 11.5 Å². The number of halogens is 1. The van der Waals surface area contributed by atoms with Crippen molar-refractivity contribution < 1.29 is 28.2 Å². The molecule has 2 fully saturated rings. The molecule has 1 saturated heterocycles. The van der Waals surface area contributed by atoms with Crippen LogP contribution in [0.2, 0.25) is 0 Å². The fourth-order valence-corrected chi connectivity index (χ4v) is 5.74. The third-order valence-corrected chi connectivity index (χ3v) is 8.23. The molecular formula is C35H41FN2O5. The minimum absolute atomic E-state index is 0.0327. The first-order chi connectivity index (χ1) is 20.6. The topological polar surface area (TPSA) is 77.1 Å². The third kappa shape index (κ3) is 7.54. The number of piperidine rings is 1. The fraction of sp³-hybridized carbons (Fsp3) is 0.429. The van der Waals surface area contributed by atoms with E-state index in [9.17, 15) is 14.0 Å². The number of rotatable bonds is 12. The van der Waals surface area contributed by atoms with Gasteiger partial charge in [-0.25, -0.2) is 9.18 Å². The summed E-state index contributed by atoms with van der Waals surface area (Å²) in [6.07, 6.45) is -0.380. The summed E-state index contributed by atoms with van der Waals surface area (Å²) in [6, 6.07) is 22.0. The van der Waals surface area contributed by atoms with Gasteiger partial charge in [-0.1, -0.05) is 57.2 Å². The molecule has 3 atom stereocenters. The third-order valence-electron chi connectivity index (χ3n) is 8.23. The molecule has 43 heavy (non-hydrogen) atoms. The maximum atomic E-state index is 14.0. The number of likely N-dealkylation sites (tertiary alicyclic amines) is 1. The highest BCUT2D eigenvalue weighted by molar-refractivity contribution is 5.94. The zero-order valence-electron chi connectivity index (χ0n) is 25.3. The monoisotopic (exact) mass is 588 g/mol. The molecule has 3 aromatic rings. The highest BCUT2D eigenvalue weighted by Crippen LogP contribution is 2.45. The van der Waals surface area contributed by atoms with Crippen molar-refractivity contribution in [2.75, 3.05) is 32.8 Å². The average molecular weight is 589 g/mol. The number of amides is 1. The Hall–Kier alpha value is -3.91. The molecule has 1 N–H and O–H groups in total. The largest absolute Gasteiger partial charge is 0.492 e. The number of esters is 1. The molecule has 0 radical (unpaired) electrons. The van der Waals surface area contributed by atoms with E-state index in [1.807, 2.05) is 48.5 Å². The molecule has 0 aromatic heterocycles. The van der Waals surface area contributed by atoms with Gasteiger partial charge in [-0.3, -0.25) is 4.79 Å². The van der Waals surface area contributed by atoms with E-state index in [1.165, 1.54) is 11.6 Å². The standard InChI is InChI=1S/C35H41FN2O5/c1-5-41-34(40)31(43-26-16-12-24(13-17-26)35(2,3)4)20-23-10-14-25(15-11-23)42-19-18-37-32-28-21-38(22-29(28)32)33(39)27-8-6-7-9-30(27)36/h6-17,28-29,31-32,37H,5,18-22H2,1-4H3/t28?,29?,31-,32?/m0/s1. The number of hydrogen-bond acceptors (Lipinski definition) is 6. The first-order valence-corrected chi connectivity index (χ1v) is 15.1. The Kier molecular flexibility index (Phi) is 9.35. The van der Waals surface area contributed by atoms with Crippen molar-refractivity contribution in [1.29, 1.82) is 0 Å². The van der Waals surface area contributed by atoms with Crippen LogP contribution in [0.5, 0.6) is 11.5 Å². The van der Waals surface area contributed by atoms with Crippen LogP contribution in [0.25, 0.3) is 0 Å². The SMILES string of the molecule is CCOC(=O)[C@H](Cc1ccc(OCCNC2C3CN(C(=O)c4ccccc4F)CC32)cc1)Oc1ccc(C(C)(C)C)cc1. The Morgan fingerprint density at radius 1 is 0.953 bits per heavy atom. The molecule has 1 aliphatic heterocycles. The molecule has 7 nitrogen and oxygen atoms in total. The number of carbonyl (C=O) groups is 2. The van der Waals surface area contributed by atoms with E-state index in [0.29, 0.717) is 56.3 Å². The van der Waals surface area contributed by atoms with Crippen molar-refractivity contribution in [3.63, 3.8) is 0 Å². The maximum absolute atomic E-state index is 14.0. The van der Waals surface area contributed by atoms with Gasteiger partial charge in [-0.15, -0.1) is 0 Å². The van der Waals surface area contributed by atoms with Crippen molar-refractivity contribution in [1.82, 2.24) is 10.2 Å². The lowest BCUT2D eigenvalue weighted by Crippen LogP contribution is -2.36. The highest BCUT2D eigenvalue weighted by Gasteiger charge is 2.56. The zero-order valence-corrected chi connectivity index (χ0v) is 25.3. The lowest BCUT2D eigenvalue weighted by atomic mass is 9.87. The molecule has 5 rings (SSSR count). The van der Waals surface area contributed by atoms with E-state index in [0.717, 1.165) is 11.3 Å².